The van der Waals surface area contributed by atoms with E-state index in [1.165, 1.54) is 92.8 Å². The molecule has 3 N–H and O–H groups in total. The number of amidine groups is 1. The maximum atomic E-state index is 12.8. The topological polar surface area (TPSA) is 60.4 Å². The van der Waals surface area contributed by atoms with Crippen molar-refractivity contribution in [2.24, 2.45) is 11.8 Å². The highest BCUT2D eigenvalue weighted by atomic mass is 32.2. The number of hydrogen-bond acceptors (Lipinski definition) is 6. The van der Waals surface area contributed by atoms with Gasteiger partial charge in [0.1, 0.15) is 11.6 Å². The number of benzene rings is 2. The molecule has 2 aromatic carbocycles. The van der Waals surface area contributed by atoms with E-state index < -0.39 is 0 Å². The summed E-state index contributed by atoms with van der Waals surface area (Å²) in [6.07, 6.45) is 16.5. The van der Waals surface area contributed by atoms with E-state index in [1.54, 1.807) is 24.8 Å². The lowest BCUT2D eigenvalue weighted by atomic mass is 9.78. The first-order chi connectivity index (χ1) is 22.4. The molecule has 2 fully saturated rings. The van der Waals surface area contributed by atoms with Gasteiger partial charge in [0.25, 0.3) is 0 Å². The Bertz CT molecular complexity index is 1210. The molecular formula is C38H59FN4OS2. The Morgan fingerprint density at radius 1 is 1.04 bits per heavy atom. The third-order valence-corrected chi connectivity index (χ3v) is 11.2. The molecule has 2 aliphatic carbocycles. The van der Waals surface area contributed by atoms with E-state index >= 15 is 0 Å². The third-order valence-electron chi connectivity index (χ3n) is 9.27. The van der Waals surface area contributed by atoms with Gasteiger partial charge in [-0.15, -0.1) is 0 Å². The summed E-state index contributed by atoms with van der Waals surface area (Å²) in [7, 11) is 3.59. The maximum Gasteiger partial charge on any atom is 0.182 e. The molecule has 1 aliphatic heterocycles. The molecule has 2 aromatic rings. The molecule has 3 aliphatic rings. The average Bonchev–Trinajstić information content (AvgIpc) is 3.10. The first kappa shape index (κ1) is 38.4. The van der Waals surface area contributed by atoms with Gasteiger partial charge in [-0.3, -0.25) is 14.4 Å². The van der Waals surface area contributed by atoms with Crippen LogP contribution in [-0.2, 0) is 13.0 Å². The second-order valence-corrected chi connectivity index (χ2v) is 14.5. The van der Waals surface area contributed by atoms with Crippen molar-refractivity contribution in [3.63, 3.8) is 0 Å². The SMILES string of the molecule is CC.CCCC1CCN[C@H](c2ccc(F)cc2)C1.CCc1cc(OC)ccc1CN(SC1C=C2CCCCC2CC1)C(=N)SNC. The maximum absolute atomic E-state index is 12.8. The number of nitrogens with one attached hydrogen (secondary N) is 3. The molecule has 0 spiro atoms. The van der Waals surface area contributed by atoms with Gasteiger partial charge >= 0.3 is 0 Å². The summed E-state index contributed by atoms with van der Waals surface area (Å²) in [4.78, 5) is 0. The number of ether oxygens (including phenoxy) is 1. The Balaban J connectivity index is 0.000000271. The van der Waals surface area contributed by atoms with Crippen LogP contribution in [0.5, 0.6) is 5.75 Å². The van der Waals surface area contributed by atoms with Crippen LogP contribution in [0.15, 0.2) is 54.1 Å². The van der Waals surface area contributed by atoms with Gasteiger partial charge in [0.2, 0.25) is 0 Å². The summed E-state index contributed by atoms with van der Waals surface area (Å²) in [6, 6.07) is 13.7. The monoisotopic (exact) mass is 670 g/mol. The second-order valence-electron chi connectivity index (χ2n) is 12.3. The molecule has 5 rings (SSSR count). The normalized spacial score (nSPS) is 22.2. The summed E-state index contributed by atoms with van der Waals surface area (Å²) >= 11 is 3.22. The standard InChI is InChI=1S/C22H33N3OS2.C14H20FN.C2H6/c1-4-16-13-20(26-3)11-9-19(16)15-25(22(23)27-24-2)28-21-12-10-17-7-5-6-8-18(17)14-21;1-2-3-11-8-9-16-14(10-11)12-4-6-13(15)7-5-12;1-2/h9,11,13-14,17,21,23-24H,4-8,10,12,15H2,1-3H3;4-7,11,14,16H,2-3,8-10H2,1H3;1-2H3/t;11?,14-;/m.0./s1. The molecule has 0 amide bonds. The lowest BCUT2D eigenvalue weighted by Crippen LogP contribution is -2.31. The van der Waals surface area contributed by atoms with Crippen molar-refractivity contribution in [1.29, 1.82) is 5.41 Å². The number of allylic oxidation sites excluding steroid dienone is 1. The van der Waals surface area contributed by atoms with Crippen molar-refractivity contribution in [2.45, 2.75) is 116 Å². The Morgan fingerprint density at radius 2 is 1.83 bits per heavy atom. The minimum absolute atomic E-state index is 0.148. The van der Waals surface area contributed by atoms with Gasteiger partial charge in [-0.2, -0.15) is 0 Å². The molecule has 46 heavy (non-hydrogen) atoms. The third kappa shape index (κ3) is 11.9. The fourth-order valence-electron chi connectivity index (χ4n) is 6.88. The van der Waals surface area contributed by atoms with Gasteiger partial charge in [0.15, 0.2) is 5.17 Å². The van der Waals surface area contributed by atoms with Crippen molar-refractivity contribution < 1.29 is 9.13 Å². The van der Waals surface area contributed by atoms with E-state index in [0.717, 1.165) is 37.1 Å². The predicted molar refractivity (Wildman–Crippen MR) is 199 cm³/mol. The number of methoxy groups -OCH3 is 1. The van der Waals surface area contributed by atoms with Crippen LogP contribution in [0.25, 0.3) is 0 Å². The molecule has 256 valence electrons. The van der Waals surface area contributed by atoms with Crippen LogP contribution in [0.2, 0.25) is 0 Å². The molecule has 4 atom stereocenters. The summed E-state index contributed by atoms with van der Waals surface area (Å²) in [5, 5.41) is 13.1. The van der Waals surface area contributed by atoms with Crippen molar-refractivity contribution in [1.82, 2.24) is 14.3 Å². The van der Waals surface area contributed by atoms with Crippen LogP contribution in [0.1, 0.15) is 115 Å². The molecular weight excluding hydrogens is 612 g/mol. The lowest BCUT2D eigenvalue weighted by Gasteiger charge is -2.34. The predicted octanol–water partition coefficient (Wildman–Crippen LogP) is 10.5. The Morgan fingerprint density at radius 3 is 2.52 bits per heavy atom. The number of aryl methyl sites for hydroxylation is 1. The lowest BCUT2D eigenvalue weighted by molar-refractivity contribution is 0.290. The van der Waals surface area contributed by atoms with Crippen LogP contribution in [-0.4, -0.2) is 35.4 Å². The van der Waals surface area contributed by atoms with Crippen molar-refractivity contribution in [3.8, 4) is 5.75 Å². The number of halogens is 1. The van der Waals surface area contributed by atoms with Crippen LogP contribution in [0.3, 0.4) is 0 Å². The van der Waals surface area contributed by atoms with Crippen LogP contribution < -0.4 is 14.8 Å². The number of nitrogens with zero attached hydrogens (tertiary/aromatic N) is 1. The van der Waals surface area contributed by atoms with E-state index in [-0.39, 0.29) is 5.82 Å². The van der Waals surface area contributed by atoms with Crippen molar-refractivity contribution in [2.75, 3.05) is 20.7 Å². The van der Waals surface area contributed by atoms with Gasteiger partial charge in [0.05, 0.1) is 13.7 Å². The fourth-order valence-corrected chi connectivity index (χ4v) is 8.59. The van der Waals surface area contributed by atoms with Gasteiger partial charge in [0, 0.05) is 11.3 Å². The smallest absolute Gasteiger partial charge is 0.182 e. The number of rotatable bonds is 10. The molecule has 0 aromatic heterocycles. The van der Waals surface area contributed by atoms with Crippen LogP contribution >= 0.6 is 23.9 Å². The van der Waals surface area contributed by atoms with Crippen molar-refractivity contribution in [3.05, 3.63) is 76.6 Å². The van der Waals surface area contributed by atoms with E-state index in [0.29, 0.717) is 16.5 Å². The Hall–Kier alpha value is -2.00. The fraction of sp³-hybridized carbons (Fsp3) is 0.605. The van der Waals surface area contributed by atoms with Gasteiger partial charge in [-0.25, -0.2) is 4.39 Å². The van der Waals surface area contributed by atoms with Gasteiger partial charge in [-0.05, 0) is 142 Å². The number of fused-ring (bicyclic) bond motifs is 1. The van der Waals surface area contributed by atoms with E-state index in [9.17, 15) is 4.39 Å². The minimum Gasteiger partial charge on any atom is -0.497 e. The molecule has 0 bridgehead atoms. The molecule has 5 nitrogen and oxygen atoms in total. The quantitative estimate of drug-likeness (QED) is 0.101. The van der Waals surface area contributed by atoms with E-state index in [2.05, 4.69) is 46.4 Å². The zero-order valence-electron chi connectivity index (χ0n) is 29.2. The van der Waals surface area contributed by atoms with Crippen LogP contribution in [0.4, 0.5) is 4.39 Å². The number of piperidine rings is 1. The van der Waals surface area contributed by atoms with E-state index in [1.807, 2.05) is 51.0 Å². The highest BCUT2D eigenvalue weighted by Gasteiger charge is 2.28. The van der Waals surface area contributed by atoms with Crippen LogP contribution in [0, 0.1) is 23.1 Å². The summed E-state index contributed by atoms with van der Waals surface area (Å²) < 4.78 is 23.4. The zero-order valence-corrected chi connectivity index (χ0v) is 30.8. The molecule has 3 unspecified atom stereocenters. The minimum atomic E-state index is -0.148. The summed E-state index contributed by atoms with van der Waals surface area (Å²) in [5.41, 5.74) is 5.47. The zero-order chi connectivity index (χ0) is 33.3. The Labute approximate surface area is 288 Å². The summed E-state index contributed by atoms with van der Waals surface area (Å²) in [6.45, 7) is 10.3. The second kappa shape index (κ2) is 21.1. The molecule has 1 saturated heterocycles. The number of hydrogen-bond donors (Lipinski definition) is 3. The van der Waals surface area contributed by atoms with Gasteiger partial charge in [-0.1, -0.05) is 76.8 Å². The Kier molecular flexibility index (Phi) is 17.6. The molecule has 0 radical (unpaired) electrons. The van der Waals surface area contributed by atoms with Gasteiger partial charge < -0.3 is 10.1 Å². The highest BCUT2D eigenvalue weighted by molar-refractivity contribution is 8.13. The first-order valence-corrected chi connectivity index (χ1v) is 19.3. The summed E-state index contributed by atoms with van der Waals surface area (Å²) in [5.74, 6) is 2.42. The molecule has 1 saturated carbocycles. The average molecular weight is 671 g/mol. The molecule has 1 heterocycles. The molecule has 8 heteroatoms. The van der Waals surface area contributed by atoms with Crippen molar-refractivity contribution >= 4 is 29.1 Å². The first-order valence-electron chi connectivity index (χ1n) is 17.7. The van der Waals surface area contributed by atoms with E-state index in [4.69, 9.17) is 10.1 Å². The largest absolute Gasteiger partial charge is 0.497 e. The highest BCUT2D eigenvalue weighted by Crippen LogP contribution is 2.41.